The Morgan fingerprint density at radius 2 is 1.88 bits per heavy atom. The summed E-state index contributed by atoms with van der Waals surface area (Å²) < 4.78 is 15.6. The molecule has 0 spiro atoms. The van der Waals surface area contributed by atoms with E-state index in [2.05, 4.69) is 17.4 Å². The lowest BCUT2D eigenvalue weighted by Gasteiger charge is -2.18. The van der Waals surface area contributed by atoms with Gasteiger partial charge in [-0.1, -0.05) is 18.2 Å². The van der Waals surface area contributed by atoms with Gasteiger partial charge in [-0.3, -0.25) is 0 Å². The molecule has 0 unspecified atom stereocenters. The molecule has 0 bridgehead atoms. The fraction of sp³-hybridized carbons (Fsp3) is 0.316. The average Bonchev–Trinajstić information content (AvgIpc) is 3.28. The predicted octanol–water partition coefficient (Wildman–Crippen LogP) is 2.98. The maximum Gasteiger partial charge on any atom is 0.337 e. The minimum absolute atomic E-state index is 0.0159. The van der Waals surface area contributed by atoms with E-state index in [4.69, 9.17) is 14.2 Å². The zero-order valence-electron chi connectivity index (χ0n) is 13.5. The van der Waals surface area contributed by atoms with Crippen LogP contribution in [0.15, 0.2) is 42.5 Å². The molecule has 1 aliphatic heterocycles. The molecule has 1 saturated carbocycles. The molecule has 1 heterocycles. The number of carbonyl (C=O) groups excluding carboxylic acids is 1. The highest BCUT2D eigenvalue weighted by Crippen LogP contribution is 2.48. The molecule has 5 nitrogen and oxygen atoms in total. The molecule has 124 valence electrons. The summed E-state index contributed by atoms with van der Waals surface area (Å²) >= 11 is 0. The smallest absolute Gasteiger partial charge is 0.337 e. The second-order valence-corrected chi connectivity index (χ2v) is 6.19. The van der Waals surface area contributed by atoms with Gasteiger partial charge in [0.05, 0.1) is 12.7 Å². The number of ether oxygens (including phenoxy) is 3. The maximum absolute atomic E-state index is 11.5. The van der Waals surface area contributed by atoms with Gasteiger partial charge < -0.3 is 19.5 Å². The topological polar surface area (TPSA) is 56.8 Å². The number of benzene rings is 2. The fourth-order valence-corrected chi connectivity index (χ4v) is 3.03. The van der Waals surface area contributed by atoms with Crippen molar-refractivity contribution in [2.75, 3.05) is 13.9 Å². The van der Waals surface area contributed by atoms with Crippen LogP contribution in [0.3, 0.4) is 0 Å². The van der Waals surface area contributed by atoms with Gasteiger partial charge in [0.15, 0.2) is 11.5 Å². The molecule has 1 aliphatic carbocycles. The summed E-state index contributed by atoms with van der Waals surface area (Å²) in [6.07, 6.45) is 2.21. The molecule has 1 N–H and O–H groups in total. The van der Waals surface area contributed by atoms with Crippen LogP contribution < -0.4 is 14.8 Å². The molecule has 0 atom stereocenters. The van der Waals surface area contributed by atoms with Crippen molar-refractivity contribution in [1.82, 2.24) is 5.32 Å². The van der Waals surface area contributed by atoms with E-state index < -0.39 is 0 Å². The van der Waals surface area contributed by atoms with Gasteiger partial charge in [-0.15, -0.1) is 0 Å². The van der Waals surface area contributed by atoms with E-state index in [0.29, 0.717) is 12.4 Å². The minimum Gasteiger partial charge on any atom is -0.465 e. The van der Waals surface area contributed by atoms with E-state index in [-0.39, 0.29) is 11.5 Å². The van der Waals surface area contributed by atoms with Crippen LogP contribution in [0.5, 0.6) is 11.5 Å². The molecule has 5 heteroatoms. The molecule has 4 rings (SSSR count). The van der Waals surface area contributed by atoms with E-state index in [1.807, 2.05) is 18.2 Å². The van der Waals surface area contributed by atoms with Crippen molar-refractivity contribution in [2.45, 2.75) is 24.9 Å². The summed E-state index contributed by atoms with van der Waals surface area (Å²) in [5, 5.41) is 3.64. The first-order valence-corrected chi connectivity index (χ1v) is 8.03. The zero-order chi connectivity index (χ0) is 16.6. The lowest BCUT2D eigenvalue weighted by Crippen LogP contribution is -2.28. The quantitative estimate of drug-likeness (QED) is 0.857. The number of carbonyl (C=O) groups is 1. The highest BCUT2D eigenvalue weighted by atomic mass is 16.7. The summed E-state index contributed by atoms with van der Waals surface area (Å²) in [5.74, 6) is 1.32. The molecule has 1 fully saturated rings. The van der Waals surface area contributed by atoms with Crippen LogP contribution in [0.25, 0.3) is 0 Å². The summed E-state index contributed by atoms with van der Waals surface area (Å²) in [5.41, 5.74) is 2.95. The monoisotopic (exact) mass is 325 g/mol. The molecule has 0 saturated heterocycles. The Labute approximate surface area is 140 Å². The van der Waals surface area contributed by atoms with Crippen LogP contribution in [0.4, 0.5) is 0 Å². The number of rotatable bonds is 5. The van der Waals surface area contributed by atoms with Crippen LogP contribution in [-0.4, -0.2) is 19.9 Å². The molecule has 2 aromatic carbocycles. The molecule has 24 heavy (non-hydrogen) atoms. The molecule has 0 radical (unpaired) electrons. The van der Waals surface area contributed by atoms with Gasteiger partial charge in [-0.25, -0.2) is 4.79 Å². The van der Waals surface area contributed by atoms with E-state index in [1.54, 1.807) is 12.1 Å². The molecule has 0 amide bonds. The van der Waals surface area contributed by atoms with Gasteiger partial charge in [0.25, 0.3) is 0 Å². The first-order chi connectivity index (χ1) is 11.7. The van der Waals surface area contributed by atoms with E-state index in [1.165, 1.54) is 12.7 Å². The van der Waals surface area contributed by atoms with Crippen LogP contribution in [-0.2, 0) is 16.8 Å². The molecule has 0 aromatic heterocycles. The van der Waals surface area contributed by atoms with Crippen LogP contribution >= 0.6 is 0 Å². The largest absolute Gasteiger partial charge is 0.465 e. The van der Waals surface area contributed by atoms with Crippen molar-refractivity contribution in [1.29, 1.82) is 0 Å². The van der Waals surface area contributed by atoms with Crippen molar-refractivity contribution in [2.24, 2.45) is 0 Å². The Morgan fingerprint density at radius 3 is 2.58 bits per heavy atom. The van der Waals surface area contributed by atoms with Gasteiger partial charge in [-0.2, -0.15) is 0 Å². The van der Waals surface area contributed by atoms with Crippen molar-refractivity contribution in [3.05, 3.63) is 59.2 Å². The Morgan fingerprint density at radius 1 is 1.12 bits per heavy atom. The van der Waals surface area contributed by atoms with E-state index in [0.717, 1.165) is 36.4 Å². The number of nitrogens with one attached hydrogen (secondary N) is 1. The van der Waals surface area contributed by atoms with Crippen molar-refractivity contribution in [3.63, 3.8) is 0 Å². The lowest BCUT2D eigenvalue weighted by molar-refractivity contribution is 0.0600. The summed E-state index contributed by atoms with van der Waals surface area (Å²) in [7, 11) is 1.39. The summed E-state index contributed by atoms with van der Waals surface area (Å²) in [6.45, 7) is 1.04. The third-order valence-corrected chi connectivity index (χ3v) is 4.68. The molecular weight excluding hydrogens is 306 g/mol. The van der Waals surface area contributed by atoms with Crippen LogP contribution in [0.2, 0.25) is 0 Å². The lowest BCUT2D eigenvalue weighted by atomic mass is 10.0. The second-order valence-electron chi connectivity index (χ2n) is 6.19. The zero-order valence-corrected chi connectivity index (χ0v) is 13.5. The summed E-state index contributed by atoms with van der Waals surface area (Å²) in [6, 6.07) is 13.6. The van der Waals surface area contributed by atoms with Crippen molar-refractivity contribution in [3.8, 4) is 11.5 Å². The number of esters is 1. The standard InChI is InChI=1S/C19H19NO4/c1-22-18(21)14-4-2-13(3-5-14)11-20-19(8-9-19)15-6-7-16-17(10-15)24-12-23-16/h2-7,10,20H,8-9,11-12H2,1H3. The molecule has 2 aliphatic rings. The first kappa shape index (κ1) is 15.0. The SMILES string of the molecule is COC(=O)c1ccc(CNC2(c3ccc4c(c3)OCO4)CC2)cc1. The highest BCUT2D eigenvalue weighted by Gasteiger charge is 2.44. The van der Waals surface area contributed by atoms with Gasteiger partial charge in [-0.05, 0) is 48.2 Å². The van der Waals surface area contributed by atoms with Crippen LogP contribution in [0, 0.1) is 0 Å². The van der Waals surface area contributed by atoms with Crippen molar-refractivity contribution >= 4 is 5.97 Å². The number of fused-ring (bicyclic) bond motifs is 1. The second kappa shape index (κ2) is 5.83. The third kappa shape index (κ3) is 2.71. The normalized spacial score (nSPS) is 16.7. The maximum atomic E-state index is 11.5. The summed E-state index contributed by atoms with van der Waals surface area (Å²) in [4.78, 5) is 11.5. The predicted molar refractivity (Wildman–Crippen MR) is 88.1 cm³/mol. The Bertz CT molecular complexity index is 765. The number of hydrogen-bond donors (Lipinski definition) is 1. The minimum atomic E-state index is -0.312. The van der Waals surface area contributed by atoms with Crippen LogP contribution in [0.1, 0.15) is 34.3 Å². The van der Waals surface area contributed by atoms with Gasteiger partial charge >= 0.3 is 5.97 Å². The van der Waals surface area contributed by atoms with Crippen molar-refractivity contribution < 1.29 is 19.0 Å². The fourth-order valence-electron chi connectivity index (χ4n) is 3.03. The van der Waals surface area contributed by atoms with Gasteiger partial charge in [0.1, 0.15) is 0 Å². The Balaban J connectivity index is 1.44. The highest BCUT2D eigenvalue weighted by molar-refractivity contribution is 5.89. The molecular formula is C19H19NO4. The average molecular weight is 325 g/mol. The van der Waals surface area contributed by atoms with Gasteiger partial charge in [0.2, 0.25) is 6.79 Å². The molecule has 2 aromatic rings. The van der Waals surface area contributed by atoms with Gasteiger partial charge in [0, 0.05) is 12.1 Å². The van der Waals surface area contributed by atoms with E-state index >= 15 is 0 Å². The third-order valence-electron chi connectivity index (χ3n) is 4.68. The Kier molecular flexibility index (Phi) is 3.65. The Hall–Kier alpha value is -2.53. The van der Waals surface area contributed by atoms with E-state index in [9.17, 15) is 4.79 Å². The number of hydrogen-bond acceptors (Lipinski definition) is 5. The number of methoxy groups -OCH3 is 1. The first-order valence-electron chi connectivity index (χ1n) is 8.03.